The molecular formula is C16H11ClFN3O. The van der Waals surface area contributed by atoms with Crippen molar-refractivity contribution >= 4 is 28.4 Å². The highest BCUT2D eigenvalue weighted by Crippen LogP contribution is 2.32. The van der Waals surface area contributed by atoms with Crippen molar-refractivity contribution in [2.75, 3.05) is 6.54 Å². The molecule has 4 rings (SSSR count). The SMILES string of the molecule is O=C1NCCc2[nH]c(-c3c(F)ccc4ccc(Cl)nc34)cc21. The summed E-state index contributed by atoms with van der Waals surface area (Å²) in [5.41, 5.74) is 2.73. The number of pyridine rings is 1. The van der Waals surface area contributed by atoms with Crippen LogP contribution in [0.4, 0.5) is 4.39 Å². The summed E-state index contributed by atoms with van der Waals surface area (Å²) in [5, 5.41) is 3.86. The highest BCUT2D eigenvalue weighted by Gasteiger charge is 2.22. The van der Waals surface area contributed by atoms with Crippen LogP contribution in [0.15, 0.2) is 30.3 Å². The first-order chi connectivity index (χ1) is 10.6. The second kappa shape index (κ2) is 4.81. The minimum absolute atomic E-state index is 0.143. The lowest BCUT2D eigenvalue weighted by molar-refractivity contribution is 0.0946. The molecule has 1 amide bonds. The quantitative estimate of drug-likeness (QED) is 0.677. The Morgan fingerprint density at radius 2 is 2.05 bits per heavy atom. The number of aromatic nitrogens is 2. The third-order valence-electron chi connectivity index (χ3n) is 3.85. The van der Waals surface area contributed by atoms with E-state index >= 15 is 0 Å². The van der Waals surface area contributed by atoms with Gasteiger partial charge in [0, 0.05) is 24.0 Å². The number of nitrogens with zero attached hydrogens (tertiary/aromatic N) is 1. The molecule has 0 saturated heterocycles. The molecule has 0 atom stereocenters. The van der Waals surface area contributed by atoms with Gasteiger partial charge in [-0.15, -0.1) is 0 Å². The van der Waals surface area contributed by atoms with Crippen LogP contribution >= 0.6 is 11.6 Å². The van der Waals surface area contributed by atoms with E-state index in [0.29, 0.717) is 40.5 Å². The molecule has 2 aromatic heterocycles. The maximum absolute atomic E-state index is 14.4. The van der Waals surface area contributed by atoms with Gasteiger partial charge in [0.05, 0.1) is 22.3 Å². The summed E-state index contributed by atoms with van der Waals surface area (Å²) in [6.07, 6.45) is 0.696. The van der Waals surface area contributed by atoms with Crippen molar-refractivity contribution < 1.29 is 9.18 Å². The summed E-state index contributed by atoms with van der Waals surface area (Å²) >= 11 is 5.95. The molecule has 110 valence electrons. The summed E-state index contributed by atoms with van der Waals surface area (Å²) < 4.78 is 14.4. The molecule has 6 heteroatoms. The third kappa shape index (κ3) is 1.97. The molecular weight excluding hydrogens is 305 g/mol. The number of amides is 1. The molecule has 0 saturated carbocycles. The Hall–Kier alpha value is -2.40. The van der Waals surface area contributed by atoms with Gasteiger partial charge in [-0.1, -0.05) is 11.6 Å². The minimum Gasteiger partial charge on any atom is -0.358 e. The standard InChI is InChI=1S/C16H11ClFN3O/c17-13-4-2-8-1-3-10(18)14(15(8)21-13)12-7-9-11(20-12)5-6-19-16(9)22/h1-4,7,20H,5-6H2,(H,19,22). The van der Waals surface area contributed by atoms with Crippen LogP contribution in [0.25, 0.3) is 22.2 Å². The van der Waals surface area contributed by atoms with E-state index in [1.807, 2.05) is 0 Å². The maximum Gasteiger partial charge on any atom is 0.253 e. The van der Waals surface area contributed by atoms with E-state index in [9.17, 15) is 9.18 Å². The van der Waals surface area contributed by atoms with Crippen LogP contribution in [-0.4, -0.2) is 22.4 Å². The van der Waals surface area contributed by atoms with Crippen molar-refractivity contribution in [3.8, 4) is 11.3 Å². The minimum atomic E-state index is -0.402. The highest BCUT2D eigenvalue weighted by molar-refractivity contribution is 6.29. The van der Waals surface area contributed by atoms with E-state index in [1.54, 1.807) is 24.3 Å². The van der Waals surface area contributed by atoms with E-state index in [2.05, 4.69) is 15.3 Å². The molecule has 0 spiro atoms. The van der Waals surface area contributed by atoms with Gasteiger partial charge in [-0.3, -0.25) is 4.79 Å². The first-order valence-electron chi connectivity index (χ1n) is 6.89. The van der Waals surface area contributed by atoms with Gasteiger partial charge in [-0.2, -0.15) is 0 Å². The molecule has 2 N–H and O–H groups in total. The Kier molecular flexibility index (Phi) is 2.90. The van der Waals surface area contributed by atoms with Crippen molar-refractivity contribution in [2.24, 2.45) is 0 Å². The van der Waals surface area contributed by atoms with Crippen molar-refractivity contribution in [3.05, 3.63) is 52.6 Å². The molecule has 1 aromatic carbocycles. The van der Waals surface area contributed by atoms with Crippen molar-refractivity contribution in [1.82, 2.24) is 15.3 Å². The number of aromatic amines is 1. The predicted octanol–water partition coefficient (Wildman–Crippen LogP) is 3.31. The maximum atomic E-state index is 14.4. The first-order valence-corrected chi connectivity index (χ1v) is 7.26. The van der Waals surface area contributed by atoms with Gasteiger partial charge in [0.2, 0.25) is 0 Å². The molecule has 0 aliphatic carbocycles. The molecule has 22 heavy (non-hydrogen) atoms. The molecule has 3 aromatic rings. The molecule has 0 fully saturated rings. The normalized spacial score (nSPS) is 14.0. The summed E-state index contributed by atoms with van der Waals surface area (Å²) in [6.45, 7) is 0.577. The summed E-state index contributed by atoms with van der Waals surface area (Å²) in [7, 11) is 0. The van der Waals surface area contributed by atoms with Crippen molar-refractivity contribution in [2.45, 2.75) is 6.42 Å². The van der Waals surface area contributed by atoms with Crippen LogP contribution < -0.4 is 5.32 Å². The van der Waals surface area contributed by atoms with Gasteiger partial charge in [0.1, 0.15) is 11.0 Å². The van der Waals surface area contributed by atoms with Gasteiger partial charge >= 0.3 is 0 Å². The second-order valence-electron chi connectivity index (χ2n) is 5.21. The van der Waals surface area contributed by atoms with Gasteiger partial charge < -0.3 is 10.3 Å². The van der Waals surface area contributed by atoms with Gasteiger partial charge in [-0.25, -0.2) is 9.37 Å². The number of rotatable bonds is 1. The van der Waals surface area contributed by atoms with Crippen LogP contribution in [0, 0.1) is 5.82 Å². The Bertz CT molecular complexity index is 914. The van der Waals surface area contributed by atoms with Crippen LogP contribution in [-0.2, 0) is 6.42 Å². The Morgan fingerprint density at radius 3 is 2.86 bits per heavy atom. The molecule has 4 nitrogen and oxygen atoms in total. The molecule has 0 bridgehead atoms. The Balaban J connectivity index is 2.00. The topological polar surface area (TPSA) is 57.8 Å². The number of benzene rings is 1. The lowest BCUT2D eigenvalue weighted by Crippen LogP contribution is -2.31. The fourth-order valence-electron chi connectivity index (χ4n) is 2.82. The highest BCUT2D eigenvalue weighted by atomic mass is 35.5. The predicted molar refractivity (Wildman–Crippen MR) is 82.5 cm³/mol. The average molecular weight is 316 g/mol. The monoisotopic (exact) mass is 315 g/mol. The number of halogens is 2. The number of nitrogens with one attached hydrogen (secondary N) is 2. The van der Waals surface area contributed by atoms with E-state index in [-0.39, 0.29) is 5.91 Å². The number of hydrogen-bond acceptors (Lipinski definition) is 2. The van der Waals surface area contributed by atoms with Gasteiger partial charge in [0.15, 0.2) is 0 Å². The van der Waals surface area contributed by atoms with E-state index in [1.165, 1.54) is 6.07 Å². The zero-order chi connectivity index (χ0) is 15.3. The second-order valence-corrected chi connectivity index (χ2v) is 5.60. The summed E-state index contributed by atoms with van der Waals surface area (Å²) in [4.78, 5) is 19.3. The van der Waals surface area contributed by atoms with E-state index < -0.39 is 5.82 Å². The number of fused-ring (bicyclic) bond motifs is 2. The molecule has 3 heterocycles. The number of carbonyl (C=O) groups excluding carboxylic acids is 1. The fraction of sp³-hybridized carbons (Fsp3) is 0.125. The third-order valence-corrected chi connectivity index (χ3v) is 4.06. The Morgan fingerprint density at radius 1 is 1.23 bits per heavy atom. The smallest absolute Gasteiger partial charge is 0.253 e. The first kappa shape index (κ1) is 13.3. The van der Waals surface area contributed by atoms with Crippen molar-refractivity contribution in [1.29, 1.82) is 0 Å². The summed E-state index contributed by atoms with van der Waals surface area (Å²) in [6, 6.07) is 8.19. The fourth-order valence-corrected chi connectivity index (χ4v) is 2.97. The zero-order valence-corrected chi connectivity index (χ0v) is 12.2. The molecule has 1 aliphatic rings. The number of H-pyrrole nitrogens is 1. The lowest BCUT2D eigenvalue weighted by atomic mass is 10.1. The van der Waals surface area contributed by atoms with Crippen molar-refractivity contribution in [3.63, 3.8) is 0 Å². The number of carbonyl (C=O) groups is 1. The van der Waals surface area contributed by atoms with Gasteiger partial charge in [0.25, 0.3) is 5.91 Å². The number of hydrogen-bond donors (Lipinski definition) is 2. The van der Waals surface area contributed by atoms with Crippen LogP contribution in [0.2, 0.25) is 5.15 Å². The van der Waals surface area contributed by atoms with Crippen LogP contribution in [0.3, 0.4) is 0 Å². The zero-order valence-electron chi connectivity index (χ0n) is 11.4. The summed E-state index contributed by atoms with van der Waals surface area (Å²) in [5.74, 6) is -0.545. The average Bonchev–Trinajstić information content (AvgIpc) is 2.92. The molecule has 0 radical (unpaired) electrons. The van der Waals surface area contributed by atoms with E-state index in [0.717, 1.165) is 11.1 Å². The van der Waals surface area contributed by atoms with Crippen LogP contribution in [0.5, 0.6) is 0 Å². The Labute approximate surface area is 130 Å². The van der Waals surface area contributed by atoms with Crippen LogP contribution in [0.1, 0.15) is 16.1 Å². The lowest BCUT2D eigenvalue weighted by Gasteiger charge is -2.11. The van der Waals surface area contributed by atoms with Gasteiger partial charge in [-0.05, 0) is 30.3 Å². The molecule has 1 aliphatic heterocycles. The molecule has 0 unspecified atom stereocenters. The van der Waals surface area contributed by atoms with E-state index in [4.69, 9.17) is 11.6 Å². The largest absolute Gasteiger partial charge is 0.358 e.